The predicted octanol–water partition coefficient (Wildman–Crippen LogP) is 1.07. The van der Waals surface area contributed by atoms with Crippen LogP contribution in [0.1, 0.15) is 32.1 Å². The molecule has 1 aliphatic rings. The Bertz CT molecular complexity index is 186. The topological polar surface area (TPSA) is 63.3 Å². The van der Waals surface area contributed by atoms with Gasteiger partial charge in [0.05, 0.1) is 0 Å². The summed E-state index contributed by atoms with van der Waals surface area (Å²) in [6.07, 6.45) is 2.26. The molecule has 0 spiro atoms. The fourth-order valence-corrected chi connectivity index (χ4v) is 1.63. The zero-order chi connectivity index (χ0) is 9.19. The molecule has 4 heteroatoms. The van der Waals surface area contributed by atoms with Crippen LogP contribution in [0.4, 0.5) is 4.39 Å². The van der Waals surface area contributed by atoms with E-state index in [9.17, 15) is 9.18 Å². The highest BCUT2D eigenvalue weighted by Gasteiger charge is 2.40. The molecule has 0 bridgehead atoms. The van der Waals surface area contributed by atoms with Gasteiger partial charge in [0.1, 0.15) is 0 Å². The highest BCUT2D eigenvalue weighted by Crippen LogP contribution is 2.30. The minimum Gasteiger partial charge on any atom is -0.479 e. The summed E-state index contributed by atoms with van der Waals surface area (Å²) in [7, 11) is 0. The van der Waals surface area contributed by atoms with Gasteiger partial charge in [-0.05, 0) is 19.3 Å². The van der Waals surface area contributed by atoms with E-state index in [2.05, 4.69) is 0 Å². The van der Waals surface area contributed by atoms with Crippen molar-refractivity contribution in [3.63, 3.8) is 0 Å². The lowest BCUT2D eigenvalue weighted by atomic mass is 9.95. The van der Waals surface area contributed by atoms with Crippen molar-refractivity contribution in [2.45, 2.75) is 43.8 Å². The van der Waals surface area contributed by atoms with Crippen LogP contribution in [0.5, 0.6) is 0 Å². The van der Waals surface area contributed by atoms with Gasteiger partial charge in [-0.25, -0.2) is 9.18 Å². The van der Waals surface area contributed by atoms with Crippen LogP contribution in [0.3, 0.4) is 0 Å². The standard InChI is InChI=1S/C8H14FNO2/c9-8(7(11)12)4-2-1-3-6(10)5-8/h6H,1-5,10H2,(H,11,12)/t6-,8-/m0/s1. The third-order valence-electron chi connectivity index (χ3n) is 2.37. The van der Waals surface area contributed by atoms with Gasteiger partial charge in [0.25, 0.3) is 0 Å². The molecule has 0 aromatic rings. The van der Waals surface area contributed by atoms with Gasteiger partial charge in [-0.2, -0.15) is 0 Å². The number of nitrogens with two attached hydrogens (primary N) is 1. The van der Waals surface area contributed by atoms with Gasteiger partial charge in [-0.1, -0.05) is 6.42 Å². The zero-order valence-electron chi connectivity index (χ0n) is 6.92. The van der Waals surface area contributed by atoms with E-state index < -0.39 is 11.6 Å². The second-order valence-corrected chi connectivity index (χ2v) is 3.48. The normalized spacial score (nSPS) is 37.3. The highest BCUT2D eigenvalue weighted by atomic mass is 19.1. The van der Waals surface area contributed by atoms with E-state index >= 15 is 0 Å². The Morgan fingerprint density at radius 1 is 1.58 bits per heavy atom. The maximum absolute atomic E-state index is 13.5. The Labute approximate surface area is 70.7 Å². The van der Waals surface area contributed by atoms with Crippen LogP contribution in [0.15, 0.2) is 0 Å². The van der Waals surface area contributed by atoms with Gasteiger partial charge < -0.3 is 10.8 Å². The lowest BCUT2D eigenvalue weighted by Crippen LogP contribution is -2.38. The first-order chi connectivity index (χ1) is 5.54. The van der Waals surface area contributed by atoms with Crippen LogP contribution in [0.25, 0.3) is 0 Å². The highest BCUT2D eigenvalue weighted by molar-refractivity contribution is 5.77. The molecule has 12 heavy (non-hydrogen) atoms. The van der Waals surface area contributed by atoms with Gasteiger partial charge in [-0.3, -0.25) is 0 Å². The van der Waals surface area contributed by atoms with Gasteiger partial charge in [-0.15, -0.1) is 0 Å². The van der Waals surface area contributed by atoms with E-state index in [1.807, 2.05) is 0 Å². The van der Waals surface area contributed by atoms with Crippen molar-refractivity contribution in [1.29, 1.82) is 0 Å². The molecule has 70 valence electrons. The molecule has 0 aromatic carbocycles. The molecule has 0 heterocycles. The van der Waals surface area contributed by atoms with Crippen LogP contribution in [0, 0.1) is 0 Å². The maximum Gasteiger partial charge on any atom is 0.341 e. The monoisotopic (exact) mass is 175 g/mol. The second-order valence-electron chi connectivity index (χ2n) is 3.48. The van der Waals surface area contributed by atoms with Gasteiger partial charge in [0, 0.05) is 12.5 Å². The van der Waals surface area contributed by atoms with E-state index in [4.69, 9.17) is 10.8 Å². The van der Waals surface area contributed by atoms with Crippen molar-refractivity contribution >= 4 is 5.97 Å². The number of carbonyl (C=O) groups is 1. The second kappa shape index (κ2) is 3.39. The summed E-state index contributed by atoms with van der Waals surface area (Å²) >= 11 is 0. The first kappa shape index (κ1) is 9.45. The Kier molecular flexibility index (Phi) is 2.67. The van der Waals surface area contributed by atoms with Crippen LogP contribution >= 0.6 is 0 Å². The summed E-state index contributed by atoms with van der Waals surface area (Å²) in [6.45, 7) is 0. The lowest BCUT2D eigenvalue weighted by molar-refractivity contribution is -0.152. The predicted molar refractivity (Wildman–Crippen MR) is 42.5 cm³/mol. The molecule has 0 saturated heterocycles. The third-order valence-corrected chi connectivity index (χ3v) is 2.37. The zero-order valence-corrected chi connectivity index (χ0v) is 6.92. The summed E-state index contributed by atoms with van der Waals surface area (Å²) in [5, 5.41) is 8.61. The number of carboxylic acids is 1. The smallest absolute Gasteiger partial charge is 0.341 e. The number of hydrogen-bond donors (Lipinski definition) is 2. The van der Waals surface area contributed by atoms with Crippen molar-refractivity contribution in [3.8, 4) is 0 Å². The average Bonchev–Trinajstić information content (AvgIpc) is 2.12. The molecule has 0 aliphatic heterocycles. The first-order valence-corrected chi connectivity index (χ1v) is 4.22. The molecule has 1 fully saturated rings. The van der Waals surface area contributed by atoms with E-state index in [0.29, 0.717) is 6.42 Å². The van der Waals surface area contributed by atoms with E-state index in [-0.39, 0.29) is 18.9 Å². The molecule has 0 amide bonds. The van der Waals surface area contributed by atoms with Crippen molar-refractivity contribution < 1.29 is 14.3 Å². The number of halogens is 1. The molecule has 1 aliphatic carbocycles. The molecule has 3 nitrogen and oxygen atoms in total. The van der Waals surface area contributed by atoms with Crippen molar-refractivity contribution in [1.82, 2.24) is 0 Å². The number of hydrogen-bond acceptors (Lipinski definition) is 2. The van der Waals surface area contributed by atoms with E-state index in [0.717, 1.165) is 12.8 Å². The lowest BCUT2D eigenvalue weighted by Gasteiger charge is -2.20. The molecule has 0 aromatic heterocycles. The summed E-state index contributed by atoms with van der Waals surface area (Å²) in [5.41, 5.74) is 3.47. The van der Waals surface area contributed by atoms with E-state index in [1.54, 1.807) is 0 Å². The molecule has 1 saturated carbocycles. The first-order valence-electron chi connectivity index (χ1n) is 4.22. The van der Waals surface area contributed by atoms with Crippen LogP contribution in [-0.4, -0.2) is 22.8 Å². The van der Waals surface area contributed by atoms with Crippen molar-refractivity contribution in [2.75, 3.05) is 0 Å². The number of alkyl halides is 1. The Morgan fingerprint density at radius 2 is 2.25 bits per heavy atom. The van der Waals surface area contributed by atoms with Crippen LogP contribution < -0.4 is 5.73 Å². The fraction of sp³-hybridized carbons (Fsp3) is 0.875. The molecule has 1 rings (SSSR count). The van der Waals surface area contributed by atoms with E-state index in [1.165, 1.54) is 0 Å². The number of aliphatic carboxylic acids is 1. The summed E-state index contributed by atoms with van der Waals surface area (Å²) in [5.74, 6) is -1.36. The third kappa shape index (κ3) is 1.94. The maximum atomic E-state index is 13.5. The van der Waals surface area contributed by atoms with Crippen molar-refractivity contribution in [3.05, 3.63) is 0 Å². The number of rotatable bonds is 1. The minimum absolute atomic E-state index is 0.0394. The molecular weight excluding hydrogens is 161 g/mol. The Balaban J connectivity index is 2.67. The van der Waals surface area contributed by atoms with Crippen molar-refractivity contribution in [2.24, 2.45) is 5.73 Å². The van der Waals surface area contributed by atoms with Crippen LogP contribution in [-0.2, 0) is 4.79 Å². The molecule has 0 radical (unpaired) electrons. The quantitative estimate of drug-likeness (QED) is 0.586. The van der Waals surface area contributed by atoms with Gasteiger partial charge in [0.15, 0.2) is 0 Å². The SMILES string of the molecule is N[C@H]1CCCC[C@@](F)(C(=O)O)C1. The van der Waals surface area contributed by atoms with Crippen LogP contribution in [0.2, 0.25) is 0 Å². The Hall–Kier alpha value is -0.640. The summed E-state index contributed by atoms with van der Waals surface area (Å²) in [6, 6.07) is -0.298. The largest absolute Gasteiger partial charge is 0.479 e. The number of carboxylic acid groups (broad SMARTS) is 1. The molecule has 2 atom stereocenters. The molecular formula is C8H14FNO2. The van der Waals surface area contributed by atoms with Gasteiger partial charge >= 0.3 is 5.97 Å². The summed E-state index contributed by atoms with van der Waals surface area (Å²) < 4.78 is 13.5. The average molecular weight is 175 g/mol. The van der Waals surface area contributed by atoms with Gasteiger partial charge in [0.2, 0.25) is 5.67 Å². The Morgan fingerprint density at radius 3 is 2.83 bits per heavy atom. The summed E-state index contributed by atoms with van der Waals surface area (Å²) in [4.78, 5) is 10.5. The minimum atomic E-state index is -2.07. The molecule has 0 unspecified atom stereocenters. The fourth-order valence-electron chi connectivity index (χ4n) is 1.63. The molecule has 3 N–H and O–H groups in total.